The molecule has 0 saturated carbocycles. The first-order valence-corrected chi connectivity index (χ1v) is 9.87. The highest BCUT2D eigenvalue weighted by molar-refractivity contribution is 5.83. The average molecular weight is 409 g/mol. The number of fused-ring (bicyclic) bond motifs is 1. The van der Waals surface area contributed by atoms with Crippen molar-refractivity contribution < 1.29 is 9.47 Å². The number of imidazole rings is 1. The Morgan fingerprint density at radius 2 is 2.07 bits per heavy atom. The molecule has 0 aliphatic heterocycles. The first-order valence-electron chi connectivity index (χ1n) is 9.87. The molecule has 0 radical (unpaired) electrons. The Morgan fingerprint density at radius 3 is 2.70 bits per heavy atom. The van der Waals surface area contributed by atoms with Crippen LogP contribution in [0.2, 0.25) is 0 Å². The summed E-state index contributed by atoms with van der Waals surface area (Å²) < 4.78 is 12.4. The van der Waals surface area contributed by atoms with Crippen molar-refractivity contribution in [3.05, 3.63) is 64.6 Å². The van der Waals surface area contributed by atoms with E-state index in [1.54, 1.807) is 17.8 Å². The Bertz CT molecular complexity index is 1100. The fraction of sp³-hybridized carbons (Fsp3) is 0.318. The quantitative estimate of drug-likeness (QED) is 0.496. The lowest BCUT2D eigenvalue weighted by atomic mass is 10.2. The maximum Gasteiger partial charge on any atom is 0.328 e. The molecule has 158 valence electrons. The number of hydrogen-bond donors (Lipinski definition) is 2. The van der Waals surface area contributed by atoms with Gasteiger partial charge in [0, 0.05) is 6.54 Å². The van der Waals surface area contributed by atoms with E-state index in [1.807, 2.05) is 44.2 Å². The number of hydrogen-bond acceptors (Lipinski definition) is 6. The number of H-pyrrole nitrogens is 1. The second-order valence-electron chi connectivity index (χ2n) is 6.69. The summed E-state index contributed by atoms with van der Waals surface area (Å²) in [7, 11) is 1.63. The van der Waals surface area contributed by atoms with Crippen molar-refractivity contribution in [2.45, 2.75) is 33.4 Å². The largest absolute Gasteiger partial charge is 0.497 e. The summed E-state index contributed by atoms with van der Waals surface area (Å²) in [6, 6.07) is 7.96. The second kappa shape index (κ2) is 9.78. The van der Waals surface area contributed by atoms with Crippen LogP contribution in [0.3, 0.4) is 0 Å². The van der Waals surface area contributed by atoms with Gasteiger partial charge in [0.1, 0.15) is 11.3 Å². The van der Waals surface area contributed by atoms with Crippen LogP contribution in [0.1, 0.15) is 25.8 Å². The lowest BCUT2D eigenvalue weighted by molar-refractivity contribution is 0.293. The molecular formula is C22H27N5O3. The van der Waals surface area contributed by atoms with Gasteiger partial charge in [-0.1, -0.05) is 37.8 Å². The summed E-state index contributed by atoms with van der Waals surface area (Å²) in [5.74, 6) is 1.31. The lowest BCUT2D eigenvalue weighted by Gasteiger charge is -2.10. The third-order valence-corrected chi connectivity index (χ3v) is 4.63. The summed E-state index contributed by atoms with van der Waals surface area (Å²) in [6.45, 7) is 9.09. The van der Waals surface area contributed by atoms with E-state index in [-0.39, 0.29) is 11.7 Å². The smallest absolute Gasteiger partial charge is 0.328 e. The van der Waals surface area contributed by atoms with Gasteiger partial charge >= 0.3 is 11.7 Å². The molecular weight excluding hydrogens is 382 g/mol. The Morgan fingerprint density at radius 1 is 1.30 bits per heavy atom. The van der Waals surface area contributed by atoms with Crippen LogP contribution < -0.4 is 20.5 Å². The summed E-state index contributed by atoms with van der Waals surface area (Å²) >= 11 is 0. The zero-order valence-electron chi connectivity index (χ0n) is 17.6. The highest BCUT2D eigenvalue weighted by Gasteiger charge is 2.16. The molecule has 0 unspecified atom stereocenters. The van der Waals surface area contributed by atoms with Crippen molar-refractivity contribution in [3.63, 3.8) is 0 Å². The van der Waals surface area contributed by atoms with Gasteiger partial charge in [-0.3, -0.25) is 4.57 Å². The number of anilines is 1. The number of nitrogens with one attached hydrogen (secondary N) is 2. The van der Waals surface area contributed by atoms with Crippen LogP contribution >= 0.6 is 0 Å². The molecule has 0 aliphatic rings. The average Bonchev–Trinajstić information content (AvgIpc) is 3.09. The standard InChI is InChI=1S/C22H27N5O3/c1-5-12-30-21-25-19(23-13-16-8-10-17(29-4)11-9-16)18-20(26-21)27(22(28)24-18)14-15(6-2)7-3/h6-11H,2,5,12-14H2,1,3-4H3,(H,24,28)(H,23,25,26)/b15-7+. The van der Waals surface area contributed by atoms with Gasteiger partial charge < -0.3 is 19.8 Å². The van der Waals surface area contributed by atoms with Gasteiger partial charge in [-0.25, -0.2) is 4.79 Å². The number of nitrogens with zero attached hydrogens (tertiary/aromatic N) is 3. The minimum Gasteiger partial charge on any atom is -0.497 e. The molecule has 2 N–H and O–H groups in total. The van der Waals surface area contributed by atoms with E-state index in [9.17, 15) is 4.79 Å². The third kappa shape index (κ3) is 4.71. The molecule has 30 heavy (non-hydrogen) atoms. The Balaban J connectivity index is 1.98. The number of benzene rings is 1. The Kier molecular flexibility index (Phi) is 6.90. The maximum absolute atomic E-state index is 12.6. The van der Waals surface area contributed by atoms with Gasteiger partial charge in [0.15, 0.2) is 11.5 Å². The molecule has 0 fully saturated rings. The minimum absolute atomic E-state index is 0.231. The lowest BCUT2D eigenvalue weighted by Crippen LogP contribution is -2.18. The van der Waals surface area contributed by atoms with E-state index < -0.39 is 0 Å². The molecule has 8 heteroatoms. The highest BCUT2D eigenvalue weighted by Crippen LogP contribution is 2.22. The van der Waals surface area contributed by atoms with Crippen molar-refractivity contribution in [2.24, 2.45) is 0 Å². The molecule has 0 amide bonds. The van der Waals surface area contributed by atoms with Gasteiger partial charge in [0.05, 0.1) is 20.3 Å². The number of aromatic nitrogens is 4. The van der Waals surface area contributed by atoms with Crippen molar-refractivity contribution in [2.75, 3.05) is 19.0 Å². The van der Waals surface area contributed by atoms with Crippen LogP contribution in [0.15, 0.2) is 53.4 Å². The molecule has 0 spiro atoms. The van der Waals surface area contributed by atoms with Crippen LogP contribution in [0.5, 0.6) is 11.8 Å². The van der Waals surface area contributed by atoms with E-state index in [1.165, 1.54) is 0 Å². The van der Waals surface area contributed by atoms with Gasteiger partial charge in [0.25, 0.3) is 0 Å². The number of allylic oxidation sites excluding steroid dienone is 3. The Hall–Kier alpha value is -3.55. The predicted octanol–water partition coefficient (Wildman–Crippen LogP) is 3.66. The Labute approximate surface area is 175 Å². The fourth-order valence-corrected chi connectivity index (χ4v) is 2.93. The van der Waals surface area contributed by atoms with Crippen LogP contribution in [0.25, 0.3) is 11.2 Å². The number of aromatic amines is 1. The summed E-state index contributed by atoms with van der Waals surface area (Å²) in [4.78, 5) is 24.4. The summed E-state index contributed by atoms with van der Waals surface area (Å²) in [5.41, 5.74) is 2.72. The zero-order chi connectivity index (χ0) is 21.5. The van der Waals surface area contributed by atoms with E-state index in [0.717, 1.165) is 23.3 Å². The normalized spacial score (nSPS) is 11.5. The first-order chi connectivity index (χ1) is 14.6. The van der Waals surface area contributed by atoms with E-state index in [4.69, 9.17) is 9.47 Å². The molecule has 1 aromatic carbocycles. The first kappa shape index (κ1) is 21.2. The molecule has 0 bridgehead atoms. The SMILES string of the molecule is C=C/C(=C\C)Cn1c(=O)[nH]c2c(NCc3ccc(OC)cc3)nc(OCCC)nc21. The molecule has 0 saturated heterocycles. The van der Waals surface area contributed by atoms with Gasteiger partial charge in [-0.2, -0.15) is 9.97 Å². The minimum atomic E-state index is -0.263. The fourth-order valence-electron chi connectivity index (χ4n) is 2.93. The topological polar surface area (TPSA) is 94.1 Å². The molecule has 2 heterocycles. The van der Waals surface area contributed by atoms with Crippen molar-refractivity contribution in [1.29, 1.82) is 0 Å². The van der Waals surface area contributed by atoms with Crippen LogP contribution in [0, 0.1) is 0 Å². The van der Waals surface area contributed by atoms with Gasteiger partial charge in [-0.05, 0) is 36.6 Å². The molecule has 8 nitrogen and oxygen atoms in total. The highest BCUT2D eigenvalue weighted by atomic mass is 16.5. The van der Waals surface area contributed by atoms with Crippen molar-refractivity contribution in [1.82, 2.24) is 19.5 Å². The molecule has 2 aromatic heterocycles. The van der Waals surface area contributed by atoms with Crippen molar-refractivity contribution >= 4 is 17.0 Å². The number of rotatable bonds is 10. The number of methoxy groups -OCH3 is 1. The molecule has 0 atom stereocenters. The van der Waals surface area contributed by atoms with Gasteiger partial charge in [-0.15, -0.1) is 0 Å². The van der Waals surface area contributed by atoms with E-state index in [0.29, 0.717) is 36.7 Å². The molecule has 0 aliphatic carbocycles. The van der Waals surface area contributed by atoms with E-state index >= 15 is 0 Å². The van der Waals surface area contributed by atoms with Crippen LogP contribution in [0.4, 0.5) is 5.82 Å². The van der Waals surface area contributed by atoms with Gasteiger partial charge in [0.2, 0.25) is 0 Å². The second-order valence-corrected chi connectivity index (χ2v) is 6.69. The monoisotopic (exact) mass is 409 g/mol. The van der Waals surface area contributed by atoms with Crippen LogP contribution in [-0.2, 0) is 13.1 Å². The summed E-state index contributed by atoms with van der Waals surface area (Å²) in [6.07, 6.45) is 4.47. The third-order valence-electron chi connectivity index (χ3n) is 4.63. The van der Waals surface area contributed by atoms with E-state index in [2.05, 4.69) is 26.8 Å². The zero-order valence-corrected chi connectivity index (χ0v) is 17.6. The molecule has 3 rings (SSSR count). The number of ether oxygens (including phenoxy) is 2. The summed E-state index contributed by atoms with van der Waals surface area (Å²) in [5, 5.41) is 3.29. The maximum atomic E-state index is 12.6. The van der Waals surface area contributed by atoms with Crippen molar-refractivity contribution in [3.8, 4) is 11.8 Å². The predicted molar refractivity (Wildman–Crippen MR) is 118 cm³/mol. The van der Waals surface area contributed by atoms with Crippen LogP contribution in [-0.4, -0.2) is 33.2 Å². The molecule has 3 aromatic rings.